The lowest BCUT2D eigenvalue weighted by Crippen LogP contribution is -2.41. The van der Waals surface area contributed by atoms with Crippen molar-refractivity contribution in [3.05, 3.63) is 29.8 Å². The van der Waals surface area contributed by atoms with E-state index in [1.54, 1.807) is 45.3 Å². The van der Waals surface area contributed by atoms with Crippen LogP contribution in [-0.4, -0.2) is 42.6 Å². The minimum atomic E-state index is -0.939. The van der Waals surface area contributed by atoms with Crippen molar-refractivity contribution in [1.82, 2.24) is 4.90 Å². The molecule has 1 aromatic rings. The summed E-state index contributed by atoms with van der Waals surface area (Å²) in [4.78, 5) is 25.7. The Balaban J connectivity index is 2.75. The molecule has 1 rings (SSSR count). The van der Waals surface area contributed by atoms with Gasteiger partial charge < -0.3 is 10.0 Å². The van der Waals surface area contributed by atoms with E-state index in [0.717, 1.165) is 0 Å². The van der Waals surface area contributed by atoms with Gasteiger partial charge in [-0.15, -0.1) is 0 Å². The molecule has 0 radical (unpaired) electrons. The average molecular weight is 275 g/mol. The van der Waals surface area contributed by atoms with Gasteiger partial charge >= 0.3 is 12.0 Å². The van der Waals surface area contributed by atoms with Crippen molar-refractivity contribution in [1.29, 1.82) is 5.26 Å². The van der Waals surface area contributed by atoms with Crippen LogP contribution < -0.4 is 4.90 Å². The molecule has 0 aliphatic heterocycles. The quantitative estimate of drug-likeness (QED) is 0.907. The van der Waals surface area contributed by atoms with E-state index in [9.17, 15) is 9.59 Å². The molecule has 1 unspecified atom stereocenters. The molecular formula is C14H17N3O3. The molecule has 6 heteroatoms. The number of amides is 2. The Morgan fingerprint density at radius 1 is 1.30 bits per heavy atom. The molecule has 0 fully saturated rings. The van der Waals surface area contributed by atoms with E-state index in [1.165, 1.54) is 9.80 Å². The van der Waals surface area contributed by atoms with Crippen molar-refractivity contribution < 1.29 is 14.7 Å². The van der Waals surface area contributed by atoms with Crippen LogP contribution in [0.3, 0.4) is 0 Å². The molecule has 2 amide bonds. The lowest BCUT2D eigenvalue weighted by Gasteiger charge is -2.26. The van der Waals surface area contributed by atoms with E-state index >= 15 is 0 Å². The molecule has 0 aliphatic carbocycles. The van der Waals surface area contributed by atoms with Crippen LogP contribution in [0.4, 0.5) is 10.5 Å². The number of nitriles is 1. The molecular weight excluding hydrogens is 258 g/mol. The average Bonchev–Trinajstić information content (AvgIpc) is 2.45. The molecule has 0 aromatic heterocycles. The van der Waals surface area contributed by atoms with E-state index in [0.29, 0.717) is 11.3 Å². The van der Waals surface area contributed by atoms with Crippen LogP contribution in [-0.2, 0) is 4.79 Å². The molecule has 1 N–H and O–H groups in total. The zero-order chi connectivity index (χ0) is 15.3. The highest BCUT2D eigenvalue weighted by Gasteiger charge is 2.20. The molecule has 6 nitrogen and oxygen atoms in total. The fourth-order valence-electron chi connectivity index (χ4n) is 1.69. The van der Waals surface area contributed by atoms with Crippen LogP contribution in [0.25, 0.3) is 0 Å². The van der Waals surface area contributed by atoms with Gasteiger partial charge in [0.2, 0.25) is 0 Å². The lowest BCUT2D eigenvalue weighted by molar-refractivity contribution is -0.141. The number of carboxylic acid groups (broad SMARTS) is 1. The highest BCUT2D eigenvalue weighted by atomic mass is 16.4. The minimum absolute atomic E-state index is 0.134. The number of carbonyl (C=O) groups excluding carboxylic acids is 1. The number of anilines is 1. The van der Waals surface area contributed by atoms with Gasteiger partial charge in [0, 0.05) is 26.3 Å². The number of urea groups is 1. The molecule has 0 aliphatic rings. The maximum Gasteiger partial charge on any atom is 0.323 e. The van der Waals surface area contributed by atoms with Crippen molar-refractivity contribution in [3.8, 4) is 6.07 Å². The Bertz CT molecular complexity index is 534. The van der Waals surface area contributed by atoms with Gasteiger partial charge in [0.15, 0.2) is 0 Å². The number of rotatable bonds is 4. The van der Waals surface area contributed by atoms with Crippen molar-refractivity contribution >= 4 is 17.7 Å². The number of hydrogen-bond acceptors (Lipinski definition) is 3. The SMILES string of the molecule is CC(CN(C)C(=O)N(C)c1ccc(C#N)cc1)C(=O)O. The van der Waals surface area contributed by atoms with Crippen LogP contribution in [0, 0.1) is 17.2 Å². The van der Waals surface area contributed by atoms with E-state index in [-0.39, 0.29) is 12.6 Å². The number of carboxylic acids is 1. The highest BCUT2D eigenvalue weighted by molar-refractivity contribution is 5.91. The molecule has 0 spiro atoms. The monoisotopic (exact) mass is 275 g/mol. The smallest absolute Gasteiger partial charge is 0.323 e. The van der Waals surface area contributed by atoms with Gasteiger partial charge in [-0.2, -0.15) is 5.26 Å². The predicted octanol–water partition coefficient (Wildman–Crippen LogP) is 1.77. The second-order valence-electron chi connectivity index (χ2n) is 4.62. The fourth-order valence-corrected chi connectivity index (χ4v) is 1.69. The van der Waals surface area contributed by atoms with Crippen molar-refractivity contribution in [2.45, 2.75) is 6.92 Å². The first-order valence-electron chi connectivity index (χ1n) is 6.08. The molecule has 0 bridgehead atoms. The van der Waals surface area contributed by atoms with Gasteiger partial charge in [0.05, 0.1) is 17.6 Å². The summed E-state index contributed by atoms with van der Waals surface area (Å²) < 4.78 is 0. The van der Waals surface area contributed by atoms with Crippen LogP contribution in [0.2, 0.25) is 0 Å². The van der Waals surface area contributed by atoms with Crippen LogP contribution in [0.5, 0.6) is 0 Å². The zero-order valence-electron chi connectivity index (χ0n) is 11.7. The summed E-state index contributed by atoms with van der Waals surface area (Å²) in [6.45, 7) is 1.68. The minimum Gasteiger partial charge on any atom is -0.481 e. The topological polar surface area (TPSA) is 84.6 Å². The van der Waals surface area contributed by atoms with Crippen LogP contribution >= 0.6 is 0 Å². The number of hydrogen-bond donors (Lipinski definition) is 1. The summed E-state index contributed by atoms with van der Waals surface area (Å²) in [6, 6.07) is 8.29. The van der Waals surface area contributed by atoms with Gasteiger partial charge in [-0.1, -0.05) is 6.92 Å². The number of nitrogens with zero attached hydrogens (tertiary/aromatic N) is 3. The van der Waals surface area contributed by atoms with Crippen LogP contribution in [0.15, 0.2) is 24.3 Å². The maximum absolute atomic E-state index is 12.1. The predicted molar refractivity (Wildman–Crippen MR) is 74.4 cm³/mol. The standard InChI is InChI=1S/C14H17N3O3/c1-10(13(18)19)9-16(2)14(20)17(3)12-6-4-11(8-15)5-7-12/h4-7,10H,9H2,1-3H3,(H,18,19). The highest BCUT2D eigenvalue weighted by Crippen LogP contribution is 2.15. The Labute approximate surface area is 117 Å². The Hall–Kier alpha value is -2.55. The summed E-state index contributed by atoms with van der Waals surface area (Å²) >= 11 is 0. The summed E-state index contributed by atoms with van der Waals surface area (Å²) in [7, 11) is 3.16. The molecule has 1 aromatic carbocycles. The first-order chi connectivity index (χ1) is 9.36. The summed E-state index contributed by atoms with van der Waals surface area (Å²) in [5.41, 5.74) is 1.16. The maximum atomic E-state index is 12.1. The van der Waals surface area contributed by atoms with Crippen molar-refractivity contribution in [2.24, 2.45) is 5.92 Å². The first kappa shape index (κ1) is 15.5. The summed E-state index contributed by atoms with van der Waals surface area (Å²) in [5.74, 6) is -1.57. The molecule has 0 heterocycles. The Morgan fingerprint density at radius 2 is 1.85 bits per heavy atom. The van der Waals surface area contributed by atoms with E-state index in [4.69, 9.17) is 10.4 Å². The summed E-state index contributed by atoms with van der Waals surface area (Å²) in [5, 5.41) is 17.6. The first-order valence-corrected chi connectivity index (χ1v) is 6.08. The van der Waals surface area contributed by atoms with Crippen LogP contribution in [0.1, 0.15) is 12.5 Å². The largest absolute Gasteiger partial charge is 0.481 e. The molecule has 0 saturated heterocycles. The van der Waals surface area contributed by atoms with E-state index in [2.05, 4.69) is 0 Å². The third-order valence-corrected chi connectivity index (χ3v) is 2.97. The Morgan fingerprint density at radius 3 is 2.30 bits per heavy atom. The second kappa shape index (κ2) is 6.57. The number of benzene rings is 1. The van der Waals surface area contributed by atoms with Gasteiger partial charge in [-0.25, -0.2) is 4.79 Å². The lowest BCUT2D eigenvalue weighted by atomic mass is 10.2. The Kier molecular flexibility index (Phi) is 5.09. The van der Waals surface area contributed by atoms with Gasteiger partial charge in [-0.3, -0.25) is 9.69 Å². The normalized spacial score (nSPS) is 11.3. The second-order valence-corrected chi connectivity index (χ2v) is 4.62. The molecule has 20 heavy (non-hydrogen) atoms. The van der Waals surface area contributed by atoms with Gasteiger partial charge in [0.25, 0.3) is 0 Å². The molecule has 1 atom stereocenters. The third kappa shape index (κ3) is 3.72. The van der Waals surface area contributed by atoms with E-state index < -0.39 is 11.9 Å². The molecule has 106 valence electrons. The molecule has 0 saturated carbocycles. The fraction of sp³-hybridized carbons (Fsp3) is 0.357. The van der Waals surface area contributed by atoms with Gasteiger partial charge in [0.1, 0.15) is 0 Å². The van der Waals surface area contributed by atoms with Gasteiger partial charge in [-0.05, 0) is 24.3 Å². The number of carbonyl (C=O) groups is 2. The third-order valence-electron chi connectivity index (χ3n) is 2.97. The van der Waals surface area contributed by atoms with Crippen molar-refractivity contribution in [2.75, 3.05) is 25.5 Å². The number of aliphatic carboxylic acids is 1. The van der Waals surface area contributed by atoms with E-state index in [1.807, 2.05) is 6.07 Å². The van der Waals surface area contributed by atoms with Crippen molar-refractivity contribution in [3.63, 3.8) is 0 Å². The summed E-state index contributed by atoms with van der Waals surface area (Å²) in [6.07, 6.45) is 0. The zero-order valence-corrected chi connectivity index (χ0v) is 11.7.